The summed E-state index contributed by atoms with van der Waals surface area (Å²) < 4.78 is 72.4. The van der Waals surface area contributed by atoms with E-state index in [4.69, 9.17) is 0 Å². The Kier molecular flexibility index (Phi) is 7.14. The topological polar surface area (TPSA) is 70.3 Å². The molecule has 2 atom stereocenters. The Morgan fingerprint density at radius 1 is 1.10 bits per heavy atom. The number of phenolic OH excluding ortho intramolecular Hbond substituents is 1. The molecule has 1 saturated heterocycles. The zero-order valence-electron chi connectivity index (χ0n) is 21.2. The van der Waals surface area contributed by atoms with Crippen molar-refractivity contribution in [3.05, 3.63) is 65.4 Å². The third-order valence-electron chi connectivity index (χ3n) is 7.09. The average Bonchev–Trinajstić information content (AvgIpc) is 3.26. The molecule has 1 aliphatic rings. The van der Waals surface area contributed by atoms with Gasteiger partial charge in [0.25, 0.3) is 0 Å². The maximum absolute atomic E-state index is 14.8. The predicted octanol–water partition coefficient (Wildman–Crippen LogP) is 5.61. The molecule has 4 aromatic rings. The van der Waals surface area contributed by atoms with Crippen molar-refractivity contribution in [2.75, 3.05) is 31.3 Å². The predicted molar refractivity (Wildman–Crippen MR) is 139 cm³/mol. The lowest BCUT2D eigenvalue weighted by Crippen LogP contribution is -2.47. The molecule has 0 saturated carbocycles. The maximum atomic E-state index is 14.8. The quantitative estimate of drug-likeness (QED) is 0.250. The number of likely N-dealkylation sites (N-methyl/N-ethyl adjacent to an activating group) is 1. The van der Waals surface area contributed by atoms with E-state index < -0.39 is 34.7 Å². The molecule has 5 rings (SSSR count). The lowest BCUT2D eigenvalue weighted by molar-refractivity contribution is -0.140. The Balaban J connectivity index is 1.51. The van der Waals surface area contributed by atoms with Crippen LogP contribution in [0.5, 0.6) is 5.75 Å². The summed E-state index contributed by atoms with van der Waals surface area (Å²) in [4.78, 5) is 11.0. The van der Waals surface area contributed by atoms with Crippen molar-refractivity contribution in [3.63, 3.8) is 0 Å². The molecular weight excluding hydrogens is 539 g/mol. The van der Waals surface area contributed by atoms with Gasteiger partial charge in [-0.25, -0.2) is 22.8 Å². The molecule has 39 heavy (non-hydrogen) atoms. The first-order chi connectivity index (χ1) is 18.5. The number of anilines is 1. The van der Waals surface area contributed by atoms with Crippen molar-refractivity contribution < 1.29 is 27.1 Å². The van der Waals surface area contributed by atoms with E-state index >= 15 is 0 Å². The van der Waals surface area contributed by atoms with Gasteiger partial charge in [-0.05, 0) is 30.2 Å². The van der Waals surface area contributed by atoms with E-state index in [-0.39, 0.29) is 22.8 Å². The second-order valence-corrected chi connectivity index (χ2v) is 10.3. The number of benzene rings is 2. The Morgan fingerprint density at radius 3 is 2.49 bits per heavy atom. The van der Waals surface area contributed by atoms with E-state index in [1.807, 2.05) is 36.4 Å². The molecular formula is C26H25F5N6OS. The average molecular weight is 565 g/mol. The first kappa shape index (κ1) is 27.1. The fourth-order valence-corrected chi connectivity index (χ4v) is 5.64. The van der Waals surface area contributed by atoms with Crippen molar-refractivity contribution in [2.24, 2.45) is 7.05 Å². The molecule has 206 valence electrons. The van der Waals surface area contributed by atoms with Crippen molar-refractivity contribution in [1.82, 2.24) is 24.1 Å². The molecule has 0 aliphatic carbocycles. The number of aromatic hydroxyl groups is 1. The smallest absolute Gasteiger partial charge is 0.419 e. The minimum Gasteiger partial charge on any atom is -0.503 e. The summed E-state index contributed by atoms with van der Waals surface area (Å²) in [5.41, 5.74) is -1.25. The lowest BCUT2D eigenvalue weighted by Gasteiger charge is -2.40. The highest BCUT2D eigenvalue weighted by Crippen LogP contribution is 2.41. The first-order valence-corrected chi connectivity index (χ1v) is 13.2. The molecule has 0 unspecified atom stereocenters. The van der Waals surface area contributed by atoms with Gasteiger partial charge in [0, 0.05) is 45.0 Å². The van der Waals surface area contributed by atoms with Crippen LogP contribution in [0.1, 0.15) is 23.5 Å². The molecule has 0 amide bonds. The van der Waals surface area contributed by atoms with Crippen LogP contribution in [0.15, 0.2) is 42.6 Å². The molecule has 0 bridgehead atoms. The summed E-state index contributed by atoms with van der Waals surface area (Å²) >= 11 is 1.66. The van der Waals surface area contributed by atoms with Gasteiger partial charge in [0.05, 0.1) is 10.9 Å². The van der Waals surface area contributed by atoms with Gasteiger partial charge in [-0.1, -0.05) is 42.3 Å². The van der Waals surface area contributed by atoms with Crippen LogP contribution in [0.3, 0.4) is 0 Å². The molecule has 1 fully saturated rings. The normalized spacial score (nSPS) is 18.6. The fourth-order valence-electron chi connectivity index (χ4n) is 4.99. The zero-order chi connectivity index (χ0) is 28.1. The number of aromatic nitrogens is 4. The van der Waals surface area contributed by atoms with E-state index in [9.17, 15) is 27.1 Å². The van der Waals surface area contributed by atoms with Crippen molar-refractivity contribution >= 4 is 28.9 Å². The number of aryl methyl sites for hydroxylation is 1. The number of alkyl halides is 3. The van der Waals surface area contributed by atoms with E-state index in [1.165, 1.54) is 23.5 Å². The molecule has 2 aromatic carbocycles. The van der Waals surface area contributed by atoms with Gasteiger partial charge in [0.15, 0.2) is 23.0 Å². The van der Waals surface area contributed by atoms with Gasteiger partial charge < -0.3 is 10.0 Å². The molecule has 13 heteroatoms. The zero-order valence-corrected chi connectivity index (χ0v) is 22.1. The summed E-state index contributed by atoms with van der Waals surface area (Å²) in [5.74, 6) is -4.68. The van der Waals surface area contributed by atoms with Crippen LogP contribution in [0.2, 0.25) is 0 Å². The second kappa shape index (κ2) is 10.3. The summed E-state index contributed by atoms with van der Waals surface area (Å²) in [7, 11) is 3.39. The Hall–Kier alpha value is -3.45. The summed E-state index contributed by atoms with van der Waals surface area (Å²) in [6.45, 7) is 1.66. The van der Waals surface area contributed by atoms with E-state index in [1.54, 1.807) is 11.9 Å². The van der Waals surface area contributed by atoms with Crippen LogP contribution < -0.4 is 4.90 Å². The van der Waals surface area contributed by atoms with Crippen molar-refractivity contribution in [3.8, 4) is 17.0 Å². The molecule has 0 radical (unpaired) electrons. The molecule has 7 nitrogen and oxygen atoms in total. The number of phenols is 1. The summed E-state index contributed by atoms with van der Waals surface area (Å²) in [5, 5.41) is 14.1. The first-order valence-electron chi connectivity index (χ1n) is 12.0. The van der Waals surface area contributed by atoms with Gasteiger partial charge in [-0.2, -0.15) is 23.3 Å². The highest BCUT2D eigenvalue weighted by atomic mass is 32.2. The number of hydrogen-bond acceptors (Lipinski definition) is 7. The third-order valence-corrected chi connectivity index (χ3v) is 7.91. The molecule has 1 aliphatic heterocycles. The molecule has 1 N–H and O–H groups in total. The Morgan fingerprint density at radius 2 is 1.82 bits per heavy atom. The van der Waals surface area contributed by atoms with Gasteiger partial charge in [-0.15, -0.1) is 0 Å². The number of halogens is 5. The highest BCUT2D eigenvalue weighted by molar-refractivity contribution is 7.96. The molecule has 3 heterocycles. The standard InChI is InChI=1S/C26H25F5N6OS/c1-35(16-9-15(12-37(13-16)39-3)14-7-5-4-6-8-14)25-32-11-18-22(34-36(2)24(18)33-25)17-10-19(26(29,30)31)21(28)23(38)20(17)27/h4-8,10-11,15-16,38H,9,12-13H2,1-3H3/t15-,16+/m0/s1. The van der Waals surface area contributed by atoms with Gasteiger partial charge in [0.2, 0.25) is 5.95 Å². The SMILES string of the molecule is CSN1C[C@@H](c2ccccc2)C[C@@H](N(C)c2ncc3c(-c4cc(C(F)(F)F)c(F)c(O)c4F)nn(C)c3n2)C1. The van der Waals surface area contributed by atoms with Crippen LogP contribution in [0, 0.1) is 11.6 Å². The van der Waals surface area contributed by atoms with Crippen LogP contribution in [0.4, 0.5) is 27.9 Å². The third kappa shape index (κ3) is 5.00. The number of rotatable bonds is 5. The van der Waals surface area contributed by atoms with Crippen LogP contribution >= 0.6 is 11.9 Å². The van der Waals surface area contributed by atoms with Crippen LogP contribution in [0.25, 0.3) is 22.3 Å². The molecule has 2 aromatic heterocycles. The van der Waals surface area contributed by atoms with Crippen molar-refractivity contribution in [1.29, 1.82) is 0 Å². The minimum absolute atomic E-state index is 0.0578. The number of fused-ring (bicyclic) bond motifs is 1. The Bertz CT molecular complexity index is 1510. The molecule has 0 spiro atoms. The summed E-state index contributed by atoms with van der Waals surface area (Å²) in [6.07, 6.45) is -0.909. The van der Waals surface area contributed by atoms with E-state index in [0.29, 0.717) is 17.9 Å². The van der Waals surface area contributed by atoms with E-state index in [0.717, 1.165) is 19.5 Å². The maximum Gasteiger partial charge on any atom is 0.419 e. The van der Waals surface area contributed by atoms with Crippen LogP contribution in [-0.2, 0) is 13.2 Å². The highest BCUT2D eigenvalue weighted by Gasteiger charge is 2.38. The lowest BCUT2D eigenvalue weighted by atomic mass is 9.88. The van der Waals surface area contributed by atoms with Crippen molar-refractivity contribution in [2.45, 2.75) is 24.6 Å². The monoisotopic (exact) mass is 564 g/mol. The number of piperidine rings is 1. The largest absolute Gasteiger partial charge is 0.503 e. The number of hydrogen-bond donors (Lipinski definition) is 1. The fraction of sp³-hybridized carbons (Fsp3) is 0.346. The van der Waals surface area contributed by atoms with Gasteiger partial charge in [-0.3, -0.25) is 0 Å². The van der Waals surface area contributed by atoms with Crippen LogP contribution in [-0.4, -0.2) is 61.6 Å². The second-order valence-electron chi connectivity index (χ2n) is 9.46. The van der Waals surface area contributed by atoms with E-state index in [2.05, 4.69) is 31.5 Å². The minimum atomic E-state index is -5.15. The summed E-state index contributed by atoms with van der Waals surface area (Å²) in [6, 6.07) is 10.6. The van der Waals surface area contributed by atoms with Gasteiger partial charge in [0.1, 0.15) is 5.69 Å². The Labute approximate surface area is 225 Å². The van der Waals surface area contributed by atoms with Gasteiger partial charge >= 0.3 is 6.18 Å². The number of nitrogens with zero attached hydrogens (tertiary/aromatic N) is 6.